The second-order valence-corrected chi connectivity index (χ2v) is 5.45. The molecular weight excluding hydrogens is 325 g/mol. The van der Waals surface area contributed by atoms with Crippen molar-refractivity contribution in [3.63, 3.8) is 0 Å². The lowest BCUT2D eigenvalue weighted by molar-refractivity contribution is 0.631. The third-order valence-corrected chi connectivity index (χ3v) is 2.99. The first-order chi connectivity index (χ1) is 9.47. The van der Waals surface area contributed by atoms with Gasteiger partial charge in [-0.3, -0.25) is 0 Å². The van der Waals surface area contributed by atoms with Crippen LogP contribution in [0.25, 0.3) is 0 Å². The SMILES string of the molecule is CC(C)Nc1ncnc(Nc2ccc(Br)cc2F)c1N. The average Bonchev–Trinajstić information content (AvgIpc) is 2.36. The lowest BCUT2D eigenvalue weighted by atomic mass is 10.3. The van der Waals surface area contributed by atoms with Crippen LogP contribution < -0.4 is 16.4 Å². The van der Waals surface area contributed by atoms with Crippen molar-refractivity contribution in [2.45, 2.75) is 19.9 Å². The molecule has 2 aromatic rings. The predicted octanol–water partition coefficient (Wildman–Crippen LogP) is 3.52. The Morgan fingerprint density at radius 3 is 2.60 bits per heavy atom. The van der Waals surface area contributed by atoms with E-state index in [4.69, 9.17) is 5.73 Å². The molecule has 5 nitrogen and oxygen atoms in total. The van der Waals surface area contributed by atoms with Crippen molar-refractivity contribution in [1.29, 1.82) is 0 Å². The van der Waals surface area contributed by atoms with Crippen molar-refractivity contribution in [1.82, 2.24) is 9.97 Å². The number of hydrogen-bond donors (Lipinski definition) is 3. The molecule has 1 aromatic heterocycles. The van der Waals surface area contributed by atoms with Crippen LogP contribution in [-0.4, -0.2) is 16.0 Å². The zero-order valence-corrected chi connectivity index (χ0v) is 12.7. The Morgan fingerprint density at radius 2 is 1.95 bits per heavy atom. The molecule has 0 atom stereocenters. The van der Waals surface area contributed by atoms with Gasteiger partial charge in [0.05, 0.1) is 5.69 Å². The first-order valence-electron chi connectivity index (χ1n) is 6.06. The maximum atomic E-state index is 13.8. The van der Waals surface area contributed by atoms with Gasteiger partial charge in [0.2, 0.25) is 0 Å². The van der Waals surface area contributed by atoms with Gasteiger partial charge in [0, 0.05) is 10.5 Å². The number of nitrogens with one attached hydrogen (secondary N) is 2. The fourth-order valence-electron chi connectivity index (χ4n) is 1.60. The smallest absolute Gasteiger partial charge is 0.159 e. The molecule has 0 aliphatic carbocycles. The third-order valence-electron chi connectivity index (χ3n) is 2.49. The van der Waals surface area contributed by atoms with Crippen LogP contribution in [-0.2, 0) is 0 Å². The van der Waals surface area contributed by atoms with Crippen LogP contribution in [0, 0.1) is 5.82 Å². The number of hydrogen-bond acceptors (Lipinski definition) is 5. The number of rotatable bonds is 4. The number of nitrogens with zero attached hydrogens (tertiary/aromatic N) is 2. The van der Waals surface area contributed by atoms with E-state index in [0.29, 0.717) is 27.5 Å². The van der Waals surface area contributed by atoms with Gasteiger partial charge in [-0.25, -0.2) is 14.4 Å². The normalized spacial score (nSPS) is 10.7. The largest absolute Gasteiger partial charge is 0.393 e. The minimum Gasteiger partial charge on any atom is -0.393 e. The molecule has 20 heavy (non-hydrogen) atoms. The van der Waals surface area contributed by atoms with E-state index in [1.807, 2.05) is 13.8 Å². The van der Waals surface area contributed by atoms with E-state index in [1.54, 1.807) is 12.1 Å². The van der Waals surface area contributed by atoms with Crippen LogP contribution in [0.5, 0.6) is 0 Å². The van der Waals surface area contributed by atoms with Crippen molar-refractivity contribution < 1.29 is 4.39 Å². The standard InChI is InChI=1S/C13H15BrFN5/c1-7(2)19-12-11(16)13(18-6-17-12)20-10-4-3-8(14)5-9(10)15/h3-7H,16H2,1-2H3,(H2,17,18,19,20). The number of halogens is 2. The van der Waals surface area contributed by atoms with Gasteiger partial charge in [0.25, 0.3) is 0 Å². The summed E-state index contributed by atoms with van der Waals surface area (Å²) in [6, 6.07) is 4.89. The van der Waals surface area contributed by atoms with Crippen LogP contribution in [0.1, 0.15) is 13.8 Å². The van der Waals surface area contributed by atoms with E-state index in [1.165, 1.54) is 12.4 Å². The Labute approximate surface area is 124 Å². The Kier molecular flexibility index (Phi) is 4.39. The molecule has 7 heteroatoms. The summed E-state index contributed by atoms with van der Waals surface area (Å²) in [7, 11) is 0. The first kappa shape index (κ1) is 14.5. The van der Waals surface area contributed by atoms with Gasteiger partial charge in [-0.1, -0.05) is 15.9 Å². The molecule has 2 rings (SSSR count). The highest BCUT2D eigenvalue weighted by atomic mass is 79.9. The second kappa shape index (κ2) is 6.04. The van der Waals surface area contributed by atoms with Gasteiger partial charge in [0.1, 0.15) is 17.8 Å². The second-order valence-electron chi connectivity index (χ2n) is 4.53. The third kappa shape index (κ3) is 3.36. The van der Waals surface area contributed by atoms with E-state index in [0.717, 1.165) is 0 Å². The summed E-state index contributed by atoms with van der Waals surface area (Å²) in [5.74, 6) is 0.496. The lowest BCUT2D eigenvalue weighted by Crippen LogP contribution is -2.14. The molecular formula is C13H15BrFN5. The number of nitrogen functional groups attached to an aromatic ring is 1. The zero-order chi connectivity index (χ0) is 14.7. The van der Waals surface area contributed by atoms with E-state index >= 15 is 0 Å². The maximum absolute atomic E-state index is 13.8. The van der Waals surface area contributed by atoms with Crippen molar-refractivity contribution in [2.75, 3.05) is 16.4 Å². The monoisotopic (exact) mass is 339 g/mol. The van der Waals surface area contributed by atoms with Gasteiger partial charge in [0.15, 0.2) is 11.6 Å². The fraction of sp³-hybridized carbons (Fsp3) is 0.231. The van der Waals surface area contributed by atoms with Crippen LogP contribution in [0.4, 0.5) is 27.4 Å². The summed E-state index contributed by atoms with van der Waals surface area (Å²) in [5, 5.41) is 5.97. The van der Waals surface area contributed by atoms with Gasteiger partial charge < -0.3 is 16.4 Å². The van der Waals surface area contributed by atoms with Crippen LogP contribution in [0.3, 0.4) is 0 Å². The Balaban J connectivity index is 2.29. The quantitative estimate of drug-likeness (QED) is 0.794. The lowest BCUT2D eigenvalue weighted by Gasteiger charge is -2.14. The fourth-order valence-corrected chi connectivity index (χ4v) is 1.94. The van der Waals surface area contributed by atoms with Crippen LogP contribution in [0.15, 0.2) is 29.0 Å². The predicted molar refractivity (Wildman–Crippen MR) is 82.6 cm³/mol. The molecule has 0 aliphatic rings. The summed E-state index contributed by atoms with van der Waals surface area (Å²) < 4.78 is 14.5. The zero-order valence-electron chi connectivity index (χ0n) is 11.1. The Bertz CT molecular complexity index is 618. The molecule has 0 bridgehead atoms. The topological polar surface area (TPSA) is 75.9 Å². The van der Waals surface area contributed by atoms with E-state index in [9.17, 15) is 4.39 Å². The number of benzene rings is 1. The molecule has 0 radical (unpaired) electrons. The van der Waals surface area contributed by atoms with Crippen molar-refractivity contribution in [3.05, 3.63) is 34.8 Å². The molecule has 0 unspecified atom stereocenters. The summed E-state index contributed by atoms with van der Waals surface area (Å²) in [4.78, 5) is 8.11. The highest BCUT2D eigenvalue weighted by molar-refractivity contribution is 9.10. The highest BCUT2D eigenvalue weighted by Gasteiger charge is 2.11. The molecule has 4 N–H and O–H groups in total. The van der Waals surface area contributed by atoms with Crippen LogP contribution in [0.2, 0.25) is 0 Å². The van der Waals surface area contributed by atoms with Crippen molar-refractivity contribution >= 4 is 38.9 Å². The molecule has 1 heterocycles. The number of aromatic nitrogens is 2. The highest BCUT2D eigenvalue weighted by Crippen LogP contribution is 2.28. The molecule has 1 aromatic carbocycles. The number of anilines is 4. The van der Waals surface area contributed by atoms with Gasteiger partial charge in [-0.15, -0.1) is 0 Å². The first-order valence-corrected chi connectivity index (χ1v) is 6.85. The molecule has 0 saturated carbocycles. The Hall–Kier alpha value is -1.89. The summed E-state index contributed by atoms with van der Waals surface area (Å²) in [6.07, 6.45) is 1.38. The van der Waals surface area contributed by atoms with E-state index < -0.39 is 5.82 Å². The molecule has 0 saturated heterocycles. The minimum atomic E-state index is -0.393. The minimum absolute atomic E-state index is 0.185. The molecule has 0 amide bonds. The molecule has 0 aliphatic heterocycles. The number of nitrogens with two attached hydrogens (primary N) is 1. The summed E-state index contributed by atoms with van der Waals surface area (Å²) >= 11 is 3.21. The van der Waals surface area contributed by atoms with Crippen molar-refractivity contribution in [2.24, 2.45) is 0 Å². The molecule has 0 spiro atoms. The Morgan fingerprint density at radius 1 is 1.25 bits per heavy atom. The van der Waals surface area contributed by atoms with Crippen molar-refractivity contribution in [3.8, 4) is 0 Å². The van der Waals surface area contributed by atoms with Crippen LogP contribution >= 0.6 is 15.9 Å². The molecule has 106 valence electrons. The summed E-state index contributed by atoms with van der Waals surface area (Å²) in [5.41, 5.74) is 6.63. The van der Waals surface area contributed by atoms with Gasteiger partial charge >= 0.3 is 0 Å². The maximum Gasteiger partial charge on any atom is 0.159 e. The summed E-state index contributed by atoms with van der Waals surface area (Å²) in [6.45, 7) is 3.95. The van der Waals surface area contributed by atoms with Gasteiger partial charge in [-0.2, -0.15) is 0 Å². The van der Waals surface area contributed by atoms with E-state index in [-0.39, 0.29) is 6.04 Å². The molecule has 0 fully saturated rings. The van der Waals surface area contributed by atoms with Gasteiger partial charge in [-0.05, 0) is 32.0 Å². The van der Waals surface area contributed by atoms with E-state index in [2.05, 4.69) is 36.5 Å². The average molecular weight is 340 g/mol.